The quantitative estimate of drug-likeness (QED) is 0.546. The van der Waals surface area contributed by atoms with Crippen LogP contribution >= 0.6 is 0 Å². The molecule has 1 unspecified atom stereocenters. The van der Waals surface area contributed by atoms with Crippen molar-refractivity contribution in [2.45, 2.75) is 32.3 Å². The lowest BCUT2D eigenvalue weighted by molar-refractivity contribution is 0.0925. The number of ether oxygens (including phenoxy) is 1. The maximum atomic E-state index is 8.18. The Morgan fingerprint density at radius 3 is 2.80 bits per heavy atom. The van der Waals surface area contributed by atoms with E-state index in [1.165, 1.54) is 0 Å². The lowest BCUT2D eigenvalue weighted by Crippen LogP contribution is -2.07. The number of hydrogen-bond acceptors (Lipinski definition) is 2. The molecule has 0 aromatic carbocycles. The molecular weight excluding hydrogens is 126 g/mol. The average Bonchev–Trinajstić information content (AvgIpc) is 1.99. The SMILES string of the molecule is CCC(CC[CH]C#N)OC. The zero-order valence-corrected chi connectivity index (χ0v) is 6.63. The molecule has 0 amide bonds. The third kappa shape index (κ3) is 4.34. The van der Waals surface area contributed by atoms with Gasteiger partial charge in [0.05, 0.1) is 18.6 Å². The molecular formula is C8H14NO. The fourth-order valence-corrected chi connectivity index (χ4v) is 0.822. The predicted octanol–water partition coefficient (Wildman–Crippen LogP) is 1.92. The highest BCUT2D eigenvalue weighted by Crippen LogP contribution is 2.05. The van der Waals surface area contributed by atoms with Gasteiger partial charge in [-0.15, -0.1) is 0 Å². The van der Waals surface area contributed by atoms with Crippen LogP contribution in [0.25, 0.3) is 0 Å². The highest BCUT2D eigenvalue weighted by Gasteiger charge is 2.01. The van der Waals surface area contributed by atoms with Crippen LogP contribution in [-0.2, 0) is 4.74 Å². The molecule has 0 aromatic heterocycles. The van der Waals surface area contributed by atoms with E-state index in [-0.39, 0.29) is 0 Å². The Kier molecular flexibility index (Phi) is 6.21. The van der Waals surface area contributed by atoms with E-state index in [0.29, 0.717) is 6.10 Å². The first-order valence-electron chi connectivity index (χ1n) is 3.59. The van der Waals surface area contributed by atoms with Gasteiger partial charge in [-0.3, -0.25) is 0 Å². The molecule has 0 aliphatic carbocycles. The molecule has 0 aliphatic heterocycles. The molecule has 2 nitrogen and oxygen atoms in total. The minimum absolute atomic E-state index is 0.324. The van der Waals surface area contributed by atoms with Gasteiger partial charge in [0.15, 0.2) is 0 Å². The molecule has 0 heterocycles. The summed E-state index contributed by atoms with van der Waals surface area (Å²) in [5, 5.41) is 8.18. The third-order valence-corrected chi connectivity index (χ3v) is 1.51. The third-order valence-electron chi connectivity index (χ3n) is 1.51. The fraction of sp³-hybridized carbons (Fsp3) is 0.750. The summed E-state index contributed by atoms with van der Waals surface area (Å²) in [6.45, 7) is 2.08. The molecule has 0 aromatic rings. The summed E-state index contributed by atoms with van der Waals surface area (Å²) in [7, 11) is 1.71. The summed E-state index contributed by atoms with van der Waals surface area (Å²) < 4.78 is 5.12. The zero-order chi connectivity index (χ0) is 7.82. The van der Waals surface area contributed by atoms with E-state index >= 15 is 0 Å². The van der Waals surface area contributed by atoms with Gasteiger partial charge >= 0.3 is 0 Å². The van der Waals surface area contributed by atoms with E-state index in [2.05, 4.69) is 6.92 Å². The largest absolute Gasteiger partial charge is 0.381 e. The van der Waals surface area contributed by atoms with Gasteiger partial charge in [0.25, 0.3) is 0 Å². The second-order valence-electron chi connectivity index (χ2n) is 2.18. The van der Waals surface area contributed by atoms with E-state index in [1.807, 2.05) is 6.07 Å². The van der Waals surface area contributed by atoms with Crippen molar-refractivity contribution in [1.29, 1.82) is 5.26 Å². The minimum atomic E-state index is 0.324. The molecule has 0 spiro atoms. The Morgan fingerprint density at radius 2 is 2.40 bits per heavy atom. The first-order chi connectivity index (χ1) is 4.85. The molecule has 1 radical (unpaired) electrons. The predicted molar refractivity (Wildman–Crippen MR) is 40.2 cm³/mol. The Bertz CT molecular complexity index is 102. The second kappa shape index (κ2) is 6.57. The minimum Gasteiger partial charge on any atom is -0.381 e. The van der Waals surface area contributed by atoms with Crippen LogP contribution in [0.1, 0.15) is 26.2 Å². The van der Waals surface area contributed by atoms with Crippen molar-refractivity contribution in [2.24, 2.45) is 0 Å². The number of nitrogens with zero attached hydrogens (tertiary/aromatic N) is 1. The molecule has 57 valence electrons. The van der Waals surface area contributed by atoms with Crippen LogP contribution in [0.5, 0.6) is 0 Å². The van der Waals surface area contributed by atoms with Crippen molar-refractivity contribution >= 4 is 0 Å². The zero-order valence-electron chi connectivity index (χ0n) is 6.63. The second-order valence-corrected chi connectivity index (χ2v) is 2.18. The monoisotopic (exact) mass is 140 g/mol. The van der Waals surface area contributed by atoms with Crippen molar-refractivity contribution < 1.29 is 4.74 Å². The van der Waals surface area contributed by atoms with E-state index in [9.17, 15) is 0 Å². The van der Waals surface area contributed by atoms with E-state index in [0.717, 1.165) is 19.3 Å². The molecule has 0 fully saturated rings. The van der Waals surface area contributed by atoms with E-state index in [1.54, 1.807) is 13.5 Å². The Balaban J connectivity index is 3.19. The number of unbranched alkanes of at least 4 members (excludes halogenated alkanes) is 1. The molecule has 1 atom stereocenters. The van der Waals surface area contributed by atoms with Crippen molar-refractivity contribution in [2.75, 3.05) is 7.11 Å². The fourth-order valence-electron chi connectivity index (χ4n) is 0.822. The molecule has 0 bridgehead atoms. The lowest BCUT2D eigenvalue weighted by Gasteiger charge is -2.10. The van der Waals surface area contributed by atoms with Gasteiger partial charge in [-0.25, -0.2) is 0 Å². The molecule has 0 aliphatic rings. The van der Waals surface area contributed by atoms with Crippen LogP contribution in [0.2, 0.25) is 0 Å². The van der Waals surface area contributed by atoms with Crippen LogP contribution in [0.4, 0.5) is 0 Å². The van der Waals surface area contributed by atoms with Gasteiger partial charge in [0.2, 0.25) is 0 Å². The lowest BCUT2D eigenvalue weighted by atomic mass is 10.1. The van der Waals surface area contributed by atoms with E-state index in [4.69, 9.17) is 10.00 Å². The maximum absolute atomic E-state index is 8.18. The van der Waals surface area contributed by atoms with Gasteiger partial charge in [-0.1, -0.05) is 6.92 Å². The number of nitriles is 1. The highest BCUT2D eigenvalue weighted by atomic mass is 16.5. The number of methoxy groups -OCH3 is 1. The summed E-state index contributed by atoms with van der Waals surface area (Å²) in [5.41, 5.74) is 0. The van der Waals surface area contributed by atoms with E-state index < -0.39 is 0 Å². The van der Waals surface area contributed by atoms with Crippen LogP contribution in [0.15, 0.2) is 0 Å². The van der Waals surface area contributed by atoms with Gasteiger partial charge in [0.1, 0.15) is 0 Å². The van der Waals surface area contributed by atoms with Crippen molar-refractivity contribution in [1.82, 2.24) is 0 Å². The molecule has 0 rings (SSSR count). The highest BCUT2D eigenvalue weighted by molar-refractivity contribution is 4.90. The van der Waals surface area contributed by atoms with Crippen LogP contribution in [-0.4, -0.2) is 13.2 Å². The summed E-state index contributed by atoms with van der Waals surface area (Å²) in [5.74, 6) is 0. The van der Waals surface area contributed by atoms with Gasteiger partial charge in [-0.2, -0.15) is 5.26 Å². The molecule has 2 heteroatoms. The smallest absolute Gasteiger partial charge is 0.0669 e. The van der Waals surface area contributed by atoms with Crippen molar-refractivity contribution in [3.8, 4) is 6.07 Å². The topological polar surface area (TPSA) is 33.0 Å². The van der Waals surface area contributed by atoms with Gasteiger partial charge < -0.3 is 4.74 Å². The number of rotatable bonds is 5. The Hall–Kier alpha value is -0.550. The normalized spacial score (nSPS) is 12.5. The molecule has 0 N–H and O–H groups in total. The van der Waals surface area contributed by atoms with Crippen LogP contribution < -0.4 is 0 Å². The van der Waals surface area contributed by atoms with Crippen molar-refractivity contribution in [3.63, 3.8) is 0 Å². The standard InChI is InChI=1S/C8H14NO/c1-3-8(10-2)6-4-5-7-9/h5,8H,3-4,6H2,1-2H3. The van der Waals surface area contributed by atoms with Gasteiger partial charge in [0, 0.05) is 7.11 Å². The van der Waals surface area contributed by atoms with Crippen molar-refractivity contribution in [3.05, 3.63) is 6.42 Å². The van der Waals surface area contributed by atoms with Crippen LogP contribution in [0, 0.1) is 17.8 Å². The Labute approximate surface area is 62.8 Å². The van der Waals surface area contributed by atoms with Gasteiger partial charge in [-0.05, 0) is 19.3 Å². The maximum Gasteiger partial charge on any atom is 0.0669 e. The summed E-state index contributed by atoms with van der Waals surface area (Å²) in [4.78, 5) is 0. The first-order valence-corrected chi connectivity index (χ1v) is 3.59. The molecule has 10 heavy (non-hydrogen) atoms. The summed E-state index contributed by atoms with van der Waals surface area (Å²) in [6.07, 6.45) is 4.76. The Morgan fingerprint density at radius 1 is 1.70 bits per heavy atom. The molecule has 0 saturated carbocycles. The van der Waals surface area contributed by atoms with Crippen LogP contribution in [0.3, 0.4) is 0 Å². The number of hydrogen-bond donors (Lipinski definition) is 0. The first kappa shape index (κ1) is 9.45. The summed E-state index contributed by atoms with van der Waals surface area (Å²) in [6, 6.07) is 1.99. The average molecular weight is 140 g/mol. The summed E-state index contributed by atoms with van der Waals surface area (Å²) >= 11 is 0. The molecule has 0 saturated heterocycles.